The van der Waals surface area contributed by atoms with Gasteiger partial charge < -0.3 is 15.9 Å². The number of hydrogen-bond acceptors (Lipinski definition) is 13. The summed E-state index contributed by atoms with van der Waals surface area (Å²) in [6.07, 6.45) is 0. The maximum atomic E-state index is 12.2. The van der Waals surface area contributed by atoms with Gasteiger partial charge in [0.05, 0.1) is 32.2 Å². The van der Waals surface area contributed by atoms with Crippen molar-refractivity contribution in [2.75, 3.05) is 5.73 Å². The van der Waals surface area contributed by atoms with E-state index in [9.17, 15) is 49.1 Å². The molecule has 0 amide bonds. The van der Waals surface area contributed by atoms with E-state index in [0.29, 0.717) is 28.6 Å². The molecule has 53 heavy (non-hydrogen) atoms. The van der Waals surface area contributed by atoms with Gasteiger partial charge in [-0.1, -0.05) is 24.3 Å². The second-order valence-corrected chi connectivity index (χ2v) is 16.1. The fraction of sp³-hybridized carbons (Fsp3) is 0.0588. The van der Waals surface area contributed by atoms with Crippen LogP contribution < -0.4 is 5.73 Å². The highest BCUT2D eigenvalue weighted by molar-refractivity contribution is 7.87. The van der Waals surface area contributed by atoms with E-state index in [4.69, 9.17) is 5.73 Å². The average Bonchev–Trinajstić information content (AvgIpc) is 3.06. The number of nitrogen functional groups attached to an aromatic ring is 1. The highest BCUT2D eigenvalue weighted by Crippen LogP contribution is 2.43. The fourth-order valence-corrected chi connectivity index (χ4v) is 7.50. The summed E-state index contributed by atoms with van der Waals surface area (Å²) >= 11 is 0. The molecule has 0 radical (unpaired) electrons. The molecule has 0 heterocycles. The van der Waals surface area contributed by atoms with E-state index in [-0.39, 0.29) is 38.6 Å². The molecule has 0 bridgehead atoms. The van der Waals surface area contributed by atoms with Crippen LogP contribution in [0.2, 0.25) is 0 Å². The lowest BCUT2D eigenvalue weighted by Gasteiger charge is -2.11. The first-order valence-electron chi connectivity index (χ1n) is 15.0. The SMILES string of the molecule is Cc1cc(-c2ccc(N=Nc3c(O)ccc4cc(S(=O)(=O)O)cc(S(=O)(=O)O)c34)c(C)c2)ccc1N=Nc1c(N)ccc2cc(S(=O)(=O)O)cc(O)c12. The van der Waals surface area contributed by atoms with Crippen molar-refractivity contribution in [2.24, 2.45) is 20.5 Å². The molecule has 0 aromatic heterocycles. The summed E-state index contributed by atoms with van der Waals surface area (Å²) in [6, 6.07) is 19.3. The minimum Gasteiger partial charge on any atom is -0.507 e. The number of aryl methyl sites for hydroxylation is 2. The molecule has 6 rings (SSSR count). The number of phenols is 2. The average molecular weight is 778 g/mol. The molecule has 0 fully saturated rings. The molecule has 7 N–H and O–H groups in total. The van der Waals surface area contributed by atoms with Gasteiger partial charge in [-0.15, -0.1) is 10.2 Å². The minimum atomic E-state index is -5.06. The molecular weight excluding hydrogens is 751 g/mol. The summed E-state index contributed by atoms with van der Waals surface area (Å²) in [5, 5.41) is 38.0. The first-order valence-corrected chi connectivity index (χ1v) is 19.4. The Morgan fingerprint density at radius 2 is 1.00 bits per heavy atom. The second-order valence-electron chi connectivity index (χ2n) is 11.8. The van der Waals surface area contributed by atoms with Gasteiger partial charge in [-0.05, 0) is 101 Å². The van der Waals surface area contributed by atoms with Crippen LogP contribution in [0.1, 0.15) is 11.1 Å². The topological polar surface area (TPSA) is 279 Å². The molecule has 0 saturated heterocycles. The molecule has 0 aliphatic carbocycles. The number of aromatic hydroxyl groups is 2. The van der Waals surface area contributed by atoms with Crippen molar-refractivity contribution in [3.8, 4) is 22.6 Å². The number of fused-ring (bicyclic) bond motifs is 2. The summed E-state index contributed by atoms with van der Waals surface area (Å²) in [6.45, 7) is 3.53. The van der Waals surface area contributed by atoms with E-state index in [1.165, 1.54) is 24.3 Å². The molecule has 272 valence electrons. The number of nitrogens with two attached hydrogens (primary N) is 1. The second kappa shape index (κ2) is 13.3. The van der Waals surface area contributed by atoms with Crippen LogP contribution in [0.5, 0.6) is 11.5 Å². The lowest BCUT2D eigenvalue weighted by molar-refractivity contribution is 0.471. The Morgan fingerprint density at radius 1 is 0.509 bits per heavy atom. The van der Waals surface area contributed by atoms with Gasteiger partial charge in [-0.2, -0.15) is 35.5 Å². The normalized spacial score (nSPS) is 12.8. The van der Waals surface area contributed by atoms with Crippen LogP contribution in [0.25, 0.3) is 32.7 Å². The quantitative estimate of drug-likeness (QED) is 0.0490. The summed E-state index contributed by atoms with van der Waals surface area (Å²) in [4.78, 5) is -2.20. The van der Waals surface area contributed by atoms with Crippen molar-refractivity contribution in [3.05, 3.63) is 96.1 Å². The number of azo groups is 2. The highest BCUT2D eigenvalue weighted by Gasteiger charge is 2.24. The molecule has 0 spiro atoms. The molecule has 6 aromatic rings. The highest BCUT2D eigenvalue weighted by atomic mass is 32.2. The van der Waals surface area contributed by atoms with Crippen molar-refractivity contribution < 1.29 is 49.1 Å². The summed E-state index contributed by atoms with van der Waals surface area (Å²) < 4.78 is 99.9. The summed E-state index contributed by atoms with van der Waals surface area (Å²) in [5.41, 5.74) is 9.69. The van der Waals surface area contributed by atoms with Gasteiger partial charge in [-0.25, -0.2) is 0 Å². The smallest absolute Gasteiger partial charge is 0.295 e. The van der Waals surface area contributed by atoms with Crippen LogP contribution in [0.3, 0.4) is 0 Å². The summed E-state index contributed by atoms with van der Waals surface area (Å²) in [5.74, 6) is -0.980. The predicted molar refractivity (Wildman–Crippen MR) is 195 cm³/mol. The zero-order valence-electron chi connectivity index (χ0n) is 27.4. The molecular formula is C34H27N5O11S3. The van der Waals surface area contributed by atoms with Gasteiger partial charge >= 0.3 is 0 Å². The molecule has 0 aliphatic rings. The van der Waals surface area contributed by atoms with Crippen LogP contribution in [0, 0.1) is 13.8 Å². The zero-order chi connectivity index (χ0) is 38.6. The number of nitrogens with zero attached hydrogens (tertiary/aromatic N) is 4. The van der Waals surface area contributed by atoms with Gasteiger partial charge in [0.2, 0.25) is 0 Å². The third-order valence-electron chi connectivity index (χ3n) is 8.20. The van der Waals surface area contributed by atoms with Gasteiger partial charge in [0.1, 0.15) is 27.8 Å². The first kappa shape index (κ1) is 36.9. The third kappa shape index (κ3) is 7.42. The van der Waals surface area contributed by atoms with E-state index in [2.05, 4.69) is 20.5 Å². The van der Waals surface area contributed by atoms with Crippen molar-refractivity contribution in [3.63, 3.8) is 0 Å². The number of benzene rings is 6. The molecule has 0 saturated carbocycles. The Kier molecular flexibility index (Phi) is 9.27. The monoisotopic (exact) mass is 777 g/mol. The molecule has 6 aromatic carbocycles. The molecule has 0 unspecified atom stereocenters. The predicted octanol–water partition coefficient (Wildman–Crippen LogP) is 7.84. The molecule has 0 atom stereocenters. The lowest BCUT2D eigenvalue weighted by Crippen LogP contribution is -2.04. The van der Waals surface area contributed by atoms with E-state index in [1.807, 2.05) is 6.07 Å². The van der Waals surface area contributed by atoms with Crippen LogP contribution in [0.15, 0.2) is 120 Å². The third-order valence-corrected chi connectivity index (χ3v) is 10.7. The molecule has 19 heteroatoms. The Morgan fingerprint density at radius 3 is 1.51 bits per heavy atom. The maximum Gasteiger partial charge on any atom is 0.295 e. The van der Waals surface area contributed by atoms with Gasteiger partial charge in [0.25, 0.3) is 30.4 Å². The Hall–Kier alpha value is -5.83. The minimum absolute atomic E-state index is 0.0714. The van der Waals surface area contributed by atoms with Crippen molar-refractivity contribution in [2.45, 2.75) is 28.5 Å². The lowest BCUT2D eigenvalue weighted by atomic mass is 10.0. The number of hydrogen-bond donors (Lipinski definition) is 6. The van der Waals surface area contributed by atoms with Gasteiger partial charge in [-0.3, -0.25) is 13.7 Å². The van der Waals surface area contributed by atoms with Crippen LogP contribution in [-0.2, 0) is 30.4 Å². The number of phenolic OH excluding ortho intramolecular Hbond substituents is 2. The Labute approximate surface area is 301 Å². The molecule has 16 nitrogen and oxygen atoms in total. The van der Waals surface area contributed by atoms with E-state index < -0.39 is 56.5 Å². The van der Waals surface area contributed by atoms with E-state index in [0.717, 1.165) is 29.3 Å². The largest absolute Gasteiger partial charge is 0.507 e. The van der Waals surface area contributed by atoms with Crippen LogP contribution in [-0.4, -0.2) is 49.1 Å². The summed E-state index contributed by atoms with van der Waals surface area (Å²) in [7, 11) is -14.5. The number of anilines is 1. The Bertz CT molecular complexity index is 2930. The number of rotatable bonds is 8. The zero-order valence-corrected chi connectivity index (χ0v) is 29.8. The van der Waals surface area contributed by atoms with Crippen molar-refractivity contribution in [1.82, 2.24) is 0 Å². The van der Waals surface area contributed by atoms with Gasteiger partial charge in [0, 0.05) is 11.5 Å². The van der Waals surface area contributed by atoms with Crippen LogP contribution in [0.4, 0.5) is 28.4 Å². The van der Waals surface area contributed by atoms with Gasteiger partial charge in [0.15, 0.2) is 0 Å². The van der Waals surface area contributed by atoms with Crippen molar-refractivity contribution in [1.29, 1.82) is 0 Å². The van der Waals surface area contributed by atoms with E-state index in [1.54, 1.807) is 44.2 Å². The first-order chi connectivity index (χ1) is 24.7. The maximum absolute atomic E-state index is 12.2. The fourth-order valence-electron chi connectivity index (χ4n) is 5.60. The Balaban J connectivity index is 1.31. The van der Waals surface area contributed by atoms with E-state index >= 15 is 0 Å². The standard InChI is InChI=1S/C34H27N5O11S3/c1-17-11-19(4-8-26(17)36-38-33-25(35)7-3-21-13-23(51(42,43)44)15-29(41)31(21)33)20-5-9-27(18(2)12-20)37-39-34-28(40)10-6-22-14-24(52(45,46)47)16-30(32(22)34)53(48,49)50/h3-16,40-41H,35H2,1-2H3,(H,42,43,44)(H,45,46,47)(H,48,49,50). The van der Waals surface area contributed by atoms with Crippen molar-refractivity contribution >= 4 is 80.3 Å². The molecule has 0 aliphatic heterocycles. The van der Waals surface area contributed by atoms with Crippen LogP contribution >= 0.6 is 0 Å².